The second-order valence-corrected chi connectivity index (χ2v) is 6.08. The van der Waals surface area contributed by atoms with E-state index in [-0.39, 0.29) is 5.91 Å². The number of halogens is 1. The molecule has 0 aliphatic rings. The minimum atomic E-state index is -0.0976. The molecule has 0 aliphatic heterocycles. The summed E-state index contributed by atoms with van der Waals surface area (Å²) in [4.78, 5) is 13.9. The zero-order valence-corrected chi connectivity index (χ0v) is 14.3. The molecule has 0 bridgehead atoms. The predicted molar refractivity (Wildman–Crippen MR) is 95.8 cm³/mol. The van der Waals surface area contributed by atoms with E-state index in [4.69, 9.17) is 0 Å². The van der Waals surface area contributed by atoms with Crippen LogP contribution in [-0.2, 0) is 11.3 Å². The maximum atomic E-state index is 11.8. The van der Waals surface area contributed by atoms with Gasteiger partial charge in [-0.05, 0) is 41.5 Å². The molecule has 0 unspecified atom stereocenters. The van der Waals surface area contributed by atoms with Gasteiger partial charge in [0.15, 0.2) is 0 Å². The molecule has 2 aromatic rings. The summed E-state index contributed by atoms with van der Waals surface area (Å²) in [6, 6.07) is 15.9. The van der Waals surface area contributed by atoms with Gasteiger partial charge in [-0.3, -0.25) is 4.79 Å². The number of benzene rings is 2. The average Bonchev–Trinajstić information content (AvgIpc) is 2.52. The largest absolute Gasteiger partial charge is 0.378 e. The van der Waals surface area contributed by atoms with Gasteiger partial charge in [-0.2, -0.15) is 0 Å². The standard InChI is InChI=1S/C18H19BrN2O/c1-21(2)17-10-5-15(6-11-17)13-20-18(22)12-7-14-3-8-16(19)9-4-14/h3-12H,13H2,1-2H3,(H,20,22)/b12-7+. The van der Waals surface area contributed by atoms with Crippen molar-refractivity contribution in [1.29, 1.82) is 0 Å². The van der Waals surface area contributed by atoms with Gasteiger partial charge in [0.05, 0.1) is 0 Å². The molecule has 0 heterocycles. The minimum Gasteiger partial charge on any atom is -0.378 e. The number of hydrogen-bond acceptors (Lipinski definition) is 2. The second kappa shape index (κ2) is 7.80. The van der Waals surface area contributed by atoms with Crippen LogP contribution in [0.25, 0.3) is 6.08 Å². The predicted octanol–water partition coefficient (Wildman–Crippen LogP) is 3.84. The maximum Gasteiger partial charge on any atom is 0.244 e. The highest BCUT2D eigenvalue weighted by Crippen LogP contribution is 2.12. The van der Waals surface area contributed by atoms with E-state index in [9.17, 15) is 4.79 Å². The first-order valence-electron chi connectivity index (χ1n) is 7.02. The molecular weight excluding hydrogens is 340 g/mol. The van der Waals surface area contributed by atoms with Crippen LogP contribution >= 0.6 is 15.9 Å². The van der Waals surface area contributed by atoms with Crippen LogP contribution in [0.5, 0.6) is 0 Å². The molecule has 0 radical (unpaired) electrons. The molecule has 1 amide bonds. The van der Waals surface area contributed by atoms with Gasteiger partial charge in [-0.15, -0.1) is 0 Å². The van der Waals surface area contributed by atoms with Crippen LogP contribution in [0.4, 0.5) is 5.69 Å². The van der Waals surface area contributed by atoms with Crippen molar-refractivity contribution in [1.82, 2.24) is 5.32 Å². The Labute approximate surface area is 139 Å². The average molecular weight is 359 g/mol. The topological polar surface area (TPSA) is 32.3 Å². The van der Waals surface area contributed by atoms with Crippen molar-refractivity contribution >= 4 is 33.6 Å². The monoisotopic (exact) mass is 358 g/mol. The lowest BCUT2D eigenvalue weighted by molar-refractivity contribution is -0.116. The molecule has 0 aromatic heterocycles. The molecule has 0 saturated carbocycles. The molecule has 22 heavy (non-hydrogen) atoms. The maximum absolute atomic E-state index is 11.8. The lowest BCUT2D eigenvalue weighted by Gasteiger charge is -2.12. The summed E-state index contributed by atoms with van der Waals surface area (Å²) in [6.45, 7) is 0.525. The fourth-order valence-electron chi connectivity index (χ4n) is 1.91. The van der Waals surface area contributed by atoms with E-state index in [1.807, 2.05) is 67.5 Å². The highest BCUT2D eigenvalue weighted by molar-refractivity contribution is 9.10. The number of amides is 1. The minimum absolute atomic E-state index is 0.0976. The van der Waals surface area contributed by atoms with E-state index in [0.29, 0.717) is 6.54 Å². The van der Waals surface area contributed by atoms with Gasteiger partial charge in [0.2, 0.25) is 5.91 Å². The van der Waals surface area contributed by atoms with Crippen LogP contribution in [0.3, 0.4) is 0 Å². The molecule has 0 saturated heterocycles. The van der Waals surface area contributed by atoms with Crippen molar-refractivity contribution in [3.63, 3.8) is 0 Å². The summed E-state index contributed by atoms with van der Waals surface area (Å²) in [7, 11) is 4.01. The van der Waals surface area contributed by atoms with E-state index in [1.54, 1.807) is 12.2 Å². The van der Waals surface area contributed by atoms with Crippen molar-refractivity contribution in [2.45, 2.75) is 6.54 Å². The Bertz CT molecular complexity index is 646. The van der Waals surface area contributed by atoms with Gasteiger partial charge in [-0.25, -0.2) is 0 Å². The van der Waals surface area contributed by atoms with Crippen LogP contribution in [0, 0.1) is 0 Å². The second-order valence-electron chi connectivity index (χ2n) is 5.16. The normalized spacial score (nSPS) is 10.7. The summed E-state index contributed by atoms with van der Waals surface area (Å²) >= 11 is 3.38. The van der Waals surface area contributed by atoms with E-state index in [1.165, 1.54) is 0 Å². The number of carbonyl (C=O) groups is 1. The molecule has 4 heteroatoms. The van der Waals surface area contributed by atoms with Crippen molar-refractivity contribution in [2.24, 2.45) is 0 Å². The zero-order valence-electron chi connectivity index (χ0n) is 12.7. The number of hydrogen-bond donors (Lipinski definition) is 1. The molecule has 0 spiro atoms. The molecule has 0 atom stereocenters. The molecular formula is C18H19BrN2O. The van der Waals surface area contributed by atoms with Crippen LogP contribution in [-0.4, -0.2) is 20.0 Å². The Balaban J connectivity index is 1.85. The van der Waals surface area contributed by atoms with Gasteiger partial charge < -0.3 is 10.2 Å². The first kappa shape index (κ1) is 16.3. The van der Waals surface area contributed by atoms with Gasteiger partial charge in [-0.1, -0.05) is 40.2 Å². The van der Waals surface area contributed by atoms with E-state index >= 15 is 0 Å². The van der Waals surface area contributed by atoms with Crippen molar-refractivity contribution < 1.29 is 4.79 Å². The lowest BCUT2D eigenvalue weighted by atomic mass is 10.2. The third kappa shape index (κ3) is 5.04. The van der Waals surface area contributed by atoms with Crippen molar-refractivity contribution in [2.75, 3.05) is 19.0 Å². The number of anilines is 1. The molecule has 2 aromatic carbocycles. The fourth-order valence-corrected chi connectivity index (χ4v) is 2.17. The Kier molecular flexibility index (Phi) is 5.78. The quantitative estimate of drug-likeness (QED) is 0.823. The van der Waals surface area contributed by atoms with E-state index in [2.05, 4.69) is 21.2 Å². The fraction of sp³-hybridized carbons (Fsp3) is 0.167. The molecule has 0 fully saturated rings. The van der Waals surface area contributed by atoms with Gasteiger partial charge >= 0.3 is 0 Å². The van der Waals surface area contributed by atoms with Gasteiger partial charge in [0, 0.05) is 36.9 Å². The lowest BCUT2D eigenvalue weighted by Crippen LogP contribution is -2.20. The first-order valence-corrected chi connectivity index (χ1v) is 7.81. The number of nitrogens with zero attached hydrogens (tertiary/aromatic N) is 1. The van der Waals surface area contributed by atoms with Gasteiger partial charge in [0.1, 0.15) is 0 Å². The van der Waals surface area contributed by atoms with Gasteiger partial charge in [0.25, 0.3) is 0 Å². The van der Waals surface area contributed by atoms with E-state index in [0.717, 1.165) is 21.3 Å². The Morgan fingerprint density at radius 1 is 1.09 bits per heavy atom. The highest BCUT2D eigenvalue weighted by Gasteiger charge is 1.99. The number of carbonyl (C=O) groups excluding carboxylic acids is 1. The molecule has 1 N–H and O–H groups in total. The zero-order chi connectivity index (χ0) is 15.9. The summed E-state index contributed by atoms with van der Waals surface area (Å²) in [5.41, 5.74) is 3.22. The van der Waals surface area contributed by atoms with Crippen LogP contribution in [0.15, 0.2) is 59.1 Å². The Morgan fingerprint density at radius 3 is 2.32 bits per heavy atom. The highest BCUT2D eigenvalue weighted by atomic mass is 79.9. The molecule has 3 nitrogen and oxygen atoms in total. The summed E-state index contributed by atoms with van der Waals surface area (Å²) in [5, 5.41) is 2.88. The summed E-state index contributed by atoms with van der Waals surface area (Å²) in [6.07, 6.45) is 3.36. The Hall–Kier alpha value is -2.07. The third-order valence-corrected chi connectivity index (χ3v) is 3.75. The van der Waals surface area contributed by atoms with Crippen LogP contribution in [0.2, 0.25) is 0 Å². The SMILES string of the molecule is CN(C)c1ccc(CNC(=O)/C=C/c2ccc(Br)cc2)cc1. The number of rotatable bonds is 5. The van der Waals surface area contributed by atoms with E-state index < -0.39 is 0 Å². The van der Waals surface area contributed by atoms with Crippen molar-refractivity contribution in [3.05, 3.63) is 70.2 Å². The summed E-state index contributed by atoms with van der Waals surface area (Å²) in [5.74, 6) is -0.0976. The number of nitrogens with one attached hydrogen (secondary N) is 1. The summed E-state index contributed by atoms with van der Waals surface area (Å²) < 4.78 is 1.02. The molecule has 2 rings (SSSR count). The van der Waals surface area contributed by atoms with Crippen LogP contribution < -0.4 is 10.2 Å². The molecule has 114 valence electrons. The van der Waals surface area contributed by atoms with Crippen molar-refractivity contribution in [3.8, 4) is 0 Å². The Morgan fingerprint density at radius 2 is 1.73 bits per heavy atom. The smallest absolute Gasteiger partial charge is 0.244 e. The third-order valence-electron chi connectivity index (χ3n) is 3.22. The first-order chi connectivity index (χ1) is 10.5. The molecule has 0 aliphatic carbocycles. The van der Waals surface area contributed by atoms with Crippen LogP contribution in [0.1, 0.15) is 11.1 Å².